The quantitative estimate of drug-likeness (QED) is 0.730. The molecule has 3 rings (SSSR count). The van der Waals surface area contributed by atoms with Crippen molar-refractivity contribution in [1.29, 1.82) is 0 Å². The van der Waals surface area contributed by atoms with Crippen molar-refractivity contribution in [3.05, 3.63) is 36.4 Å². The standard InChI is InChI=1S/C13H10O4/c14-8-3-1-5-10-12(8)13-9(15)4-2-6-11(13)17-7-16-10/h1-6,14-15H,7H2. The minimum Gasteiger partial charge on any atom is -0.507 e. The van der Waals surface area contributed by atoms with E-state index in [1.165, 1.54) is 0 Å². The zero-order chi connectivity index (χ0) is 11.8. The number of phenolic OH excluding ortho intramolecular Hbond substituents is 2. The van der Waals surface area contributed by atoms with Crippen LogP contribution in [0.2, 0.25) is 0 Å². The molecule has 2 aromatic carbocycles. The van der Waals surface area contributed by atoms with Gasteiger partial charge in [0.2, 0.25) is 6.79 Å². The Bertz CT molecular complexity index is 526. The number of hydrogen-bond acceptors (Lipinski definition) is 4. The first kappa shape index (κ1) is 9.84. The lowest BCUT2D eigenvalue weighted by Gasteiger charge is -2.10. The molecule has 0 aliphatic carbocycles. The van der Waals surface area contributed by atoms with Crippen LogP contribution in [-0.2, 0) is 0 Å². The Morgan fingerprint density at radius 1 is 0.765 bits per heavy atom. The molecule has 0 saturated heterocycles. The lowest BCUT2D eigenvalue weighted by molar-refractivity contribution is 0.124. The summed E-state index contributed by atoms with van der Waals surface area (Å²) in [4.78, 5) is 0. The molecule has 0 amide bonds. The highest BCUT2D eigenvalue weighted by Crippen LogP contribution is 2.47. The van der Waals surface area contributed by atoms with Gasteiger partial charge in [-0.15, -0.1) is 0 Å². The molecule has 0 atom stereocenters. The van der Waals surface area contributed by atoms with Crippen molar-refractivity contribution in [2.75, 3.05) is 6.79 Å². The van der Waals surface area contributed by atoms with Crippen LogP contribution in [0.1, 0.15) is 0 Å². The zero-order valence-corrected chi connectivity index (χ0v) is 8.88. The monoisotopic (exact) mass is 230 g/mol. The second kappa shape index (κ2) is 3.59. The van der Waals surface area contributed by atoms with Crippen LogP contribution in [0.3, 0.4) is 0 Å². The lowest BCUT2D eigenvalue weighted by atomic mass is 10.0. The summed E-state index contributed by atoms with van der Waals surface area (Å²) in [5, 5.41) is 19.8. The number of rotatable bonds is 0. The molecule has 0 fully saturated rings. The maximum Gasteiger partial charge on any atom is 0.230 e. The van der Waals surface area contributed by atoms with Gasteiger partial charge in [-0.1, -0.05) is 12.1 Å². The van der Waals surface area contributed by atoms with Crippen molar-refractivity contribution in [2.24, 2.45) is 0 Å². The van der Waals surface area contributed by atoms with Crippen molar-refractivity contribution in [2.45, 2.75) is 0 Å². The van der Waals surface area contributed by atoms with E-state index >= 15 is 0 Å². The third-order valence-electron chi connectivity index (χ3n) is 2.69. The van der Waals surface area contributed by atoms with Gasteiger partial charge in [-0.05, 0) is 24.3 Å². The Hall–Kier alpha value is -2.36. The Kier molecular flexibility index (Phi) is 2.08. The third kappa shape index (κ3) is 1.45. The molecular formula is C13H10O4. The van der Waals surface area contributed by atoms with E-state index in [0.717, 1.165) is 0 Å². The molecule has 0 spiro atoms. The topological polar surface area (TPSA) is 58.9 Å². The predicted molar refractivity (Wildman–Crippen MR) is 61.3 cm³/mol. The molecule has 0 radical (unpaired) electrons. The van der Waals surface area contributed by atoms with E-state index in [1.807, 2.05) is 0 Å². The van der Waals surface area contributed by atoms with Crippen molar-refractivity contribution in [3.8, 4) is 34.1 Å². The normalized spacial score (nSPS) is 12.7. The first-order valence-electron chi connectivity index (χ1n) is 5.17. The number of aromatic hydroxyl groups is 2. The van der Waals surface area contributed by atoms with Crippen LogP contribution in [0.25, 0.3) is 11.1 Å². The number of ether oxygens (including phenoxy) is 2. The van der Waals surface area contributed by atoms with Gasteiger partial charge in [0, 0.05) is 0 Å². The van der Waals surface area contributed by atoms with Gasteiger partial charge in [-0.3, -0.25) is 0 Å². The molecule has 0 saturated carbocycles. The fourth-order valence-electron chi connectivity index (χ4n) is 1.94. The van der Waals surface area contributed by atoms with Gasteiger partial charge in [0.1, 0.15) is 23.0 Å². The average molecular weight is 230 g/mol. The van der Waals surface area contributed by atoms with E-state index in [-0.39, 0.29) is 18.3 Å². The molecule has 2 N–H and O–H groups in total. The smallest absolute Gasteiger partial charge is 0.230 e. The van der Waals surface area contributed by atoms with E-state index < -0.39 is 0 Å². The molecule has 1 aliphatic heterocycles. The molecule has 0 bridgehead atoms. The Morgan fingerprint density at radius 3 is 1.71 bits per heavy atom. The van der Waals surface area contributed by atoms with Crippen LogP contribution in [0, 0.1) is 0 Å². The number of hydrogen-bond donors (Lipinski definition) is 2. The summed E-state index contributed by atoms with van der Waals surface area (Å²) >= 11 is 0. The van der Waals surface area contributed by atoms with E-state index in [1.54, 1.807) is 36.4 Å². The summed E-state index contributed by atoms with van der Waals surface area (Å²) in [6.07, 6.45) is 0. The summed E-state index contributed by atoms with van der Waals surface area (Å²) in [5.74, 6) is 1.09. The molecule has 0 unspecified atom stereocenters. The first-order chi connectivity index (χ1) is 8.27. The molecule has 2 aromatic rings. The lowest BCUT2D eigenvalue weighted by Crippen LogP contribution is -2.03. The van der Waals surface area contributed by atoms with E-state index in [9.17, 15) is 10.2 Å². The fourth-order valence-corrected chi connectivity index (χ4v) is 1.94. The largest absolute Gasteiger partial charge is 0.507 e. The maximum atomic E-state index is 9.91. The van der Waals surface area contributed by atoms with Gasteiger partial charge in [-0.25, -0.2) is 0 Å². The van der Waals surface area contributed by atoms with E-state index in [4.69, 9.17) is 9.47 Å². The van der Waals surface area contributed by atoms with Gasteiger partial charge in [0.15, 0.2) is 0 Å². The second-order valence-electron chi connectivity index (χ2n) is 3.71. The third-order valence-corrected chi connectivity index (χ3v) is 2.69. The summed E-state index contributed by atoms with van der Waals surface area (Å²) in [6.45, 7) is 0.0485. The fraction of sp³-hybridized carbons (Fsp3) is 0.0769. The van der Waals surface area contributed by atoms with Crippen LogP contribution >= 0.6 is 0 Å². The summed E-state index contributed by atoms with van der Waals surface area (Å²) in [5.41, 5.74) is 0.913. The van der Waals surface area contributed by atoms with E-state index in [0.29, 0.717) is 22.6 Å². The number of benzene rings is 2. The number of phenols is 2. The highest BCUT2D eigenvalue weighted by atomic mass is 16.7. The molecule has 4 heteroatoms. The van der Waals surface area contributed by atoms with Crippen molar-refractivity contribution in [1.82, 2.24) is 0 Å². The predicted octanol–water partition coefficient (Wildman–Crippen LogP) is 2.49. The highest BCUT2D eigenvalue weighted by molar-refractivity contribution is 5.85. The van der Waals surface area contributed by atoms with E-state index in [2.05, 4.69) is 0 Å². The van der Waals surface area contributed by atoms with Crippen LogP contribution in [0.4, 0.5) is 0 Å². The molecular weight excluding hydrogens is 220 g/mol. The average Bonchev–Trinajstić information content (AvgIpc) is 2.50. The first-order valence-corrected chi connectivity index (χ1v) is 5.17. The molecule has 1 heterocycles. The van der Waals surface area contributed by atoms with Gasteiger partial charge < -0.3 is 19.7 Å². The van der Waals surface area contributed by atoms with Crippen molar-refractivity contribution in [3.63, 3.8) is 0 Å². The van der Waals surface area contributed by atoms with Crippen LogP contribution in [-0.4, -0.2) is 17.0 Å². The number of fused-ring (bicyclic) bond motifs is 3. The molecule has 86 valence electrons. The summed E-state index contributed by atoms with van der Waals surface area (Å²) in [7, 11) is 0. The minimum absolute atomic E-state index is 0.0485. The Labute approximate surface area is 97.7 Å². The van der Waals surface area contributed by atoms with Crippen molar-refractivity contribution < 1.29 is 19.7 Å². The van der Waals surface area contributed by atoms with Gasteiger partial charge in [0.05, 0.1) is 11.1 Å². The highest BCUT2D eigenvalue weighted by Gasteiger charge is 2.22. The molecule has 0 aromatic heterocycles. The van der Waals surface area contributed by atoms with Crippen LogP contribution in [0.5, 0.6) is 23.0 Å². The summed E-state index contributed by atoms with van der Waals surface area (Å²) in [6, 6.07) is 9.89. The maximum absolute atomic E-state index is 9.91. The van der Waals surface area contributed by atoms with Gasteiger partial charge in [-0.2, -0.15) is 0 Å². The van der Waals surface area contributed by atoms with Gasteiger partial charge in [0.25, 0.3) is 0 Å². The molecule has 17 heavy (non-hydrogen) atoms. The van der Waals surface area contributed by atoms with Crippen LogP contribution < -0.4 is 9.47 Å². The second-order valence-corrected chi connectivity index (χ2v) is 3.71. The Morgan fingerprint density at radius 2 is 1.24 bits per heavy atom. The van der Waals surface area contributed by atoms with Crippen LogP contribution in [0.15, 0.2) is 36.4 Å². The van der Waals surface area contributed by atoms with Crippen molar-refractivity contribution >= 4 is 0 Å². The molecule has 1 aliphatic rings. The Balaban J connectivity index is 2.37. The van der Waals surface area contributed by atoms with Gasteiger partial charge >= 0.3 is 0 Å². The zero-order valence-electron chi connectivity index (χ0n) is 8.88. The summed E-state index contributed by atoms with van der Waals surface area (Å²) < 4.78 is 10.7. The molecule has 4 nitrogen and oxygen atoms in total. The minimum atomic E-state index is 0.0485. The SMILES string of the molecule is Oc1cccc2c1-c1c(O)cccc1OCO2.